The molecule has 0 saturated carbocycles. The van der Waals surface area contributed by atoms with Gasteiger partial charge in [0.15, 0.2) is 0 Å². The lowest BCUT2D eigenvalue weighted by Crippen LogP contribution is -2.30. The van der Waals surface area contributed by atoms with Crippen molar-refractivity contribution in [2.75, 3.05) is 7.11 Å². The van der Waals surface area contributed by atoms with E-state index in [0.29, 0.717) is 6.04 Å². The van der Waals surface area contributed by atoms with E-state index < -0.39 is 0 Å². The van der Waals surface area contributed by atoms with Crippen LogP contribution in [0.25, 0.3) is 0 Å². The smallest absolute Gasteiger partial charge is 0.119 e. The third-order valence-electron chi connectivity index (χ3n) is 3.58. The zero-order valence-corrected chi connectivity index (χ0v) is 13.5. The molecule has 2 aromatic rings. The van der Waals surface area contributed by atoms with E-state index in [0.717, 1.165) is 17.2 Å². The predicted molar refractivity (Wildman–Crippen MR) is 89.2 cm³/mol. The van der Waals surface area contributed by atoms with E-state index in [4.69, 9.17) is 16.3 Å². The summed E-state index contributed by atoms with van der Waals surface area (Å²) in [6.07, 6.45) is 0.978. The molecule has 2 nitrogen and oxygen atoms in total. The Labute approximate surface area is 132 Å². The van der Waals surface area contributed by atoms with Crippen molar-refractivity contribution in [3.05, 3.63) is 64.7 Å². The summed E-state index contributed by atoms with van der Waals surface area (Å²) in [4.78, 5) is 0. The molecule has 2 rings (SSSR count). The molecule has 1 N–H and O–H groups in total. The first-order valence-electron chi connectivity index (χ1n) is 7.23. The Balaban J connectivity index is 1.94. The maximum absolute atomic E-state index is 5.91. The minimum atomic E-state index is 0.280. The lowest BCUT2D eigenvalue weighted by Gasteiger charge is -2.21. The summed E-state index contributed by atoms with van der Waals surface area (Å²) in [7, 11) is 1.69. The Bertz CT molecular complexity index is 568. The Kier molecular flexibility index (Phi) is 5.66. The van der Waals surface area contributed by atoms with Crippen LogP contribution in [0.2, 0.25) is 5.02 Å². The molecule has 0 aliphatic carbocycles. The minimum Gasteiger partial charge on any atom is -0.497 e. The summed E-state index contributed by atoms with van der Waals surface area (Å²) in [5.41, 5.74) is 2.52. The van der Waals surface area contributed by atoms with Crippen molar-refractivity contribution in [2.45, 2.75) is 32.4 Å². The van der Waals surface area contributed by atoms with Gasteiger partial charge < -0.3 is 10.1 Å². The van der Waals surface area contributed by atoms with Crippen molar-refractivity contribution in [2.24, 2.45) is 0 Å². The lowest BCUT2D eigenvalue weighted by molar-refractivity contribution is 0.412. The average molecular weight is 304 g/mol. The summed E-state index contributed by atoms with van der Waals surface area (Å²) in [6.45, 7) is 4.37. The zero-order valence-electron chi connectivity index (χ0n) is 12.8. The van der Waals surface area contributed by atoms with Gasteiger partial charge in [0, 0.05) is 17.1 Å². The van der Waals surface area contributed by atoms with Gasteiger partial charge in [-0.15, -0.1) is 0 Å². The Morgan fingerprint density at radius 2 is 1.81 bits per heavy atom. The molecule has 0 saturated heterocycles. The zero-order chi connectivity index (χ0) is 15.2. The SMILES string of the molecule is COc1cccc([C@H](C)NC(C)Cc2ccc(Cl)cc2)c1. The quantitative estimate of drug-likeness (QED) is 0.840. The molecule has 112 valence electrons. The van der Waals surface area contributed by atoms with Crippen molar-refractivity contribution in [1.82, 2.24) is 5.32 Å². The van der Waals surface area contributed by atoms with Crippen LogP contribution in [0.3, 0.4) is 0 Å². The largest absolute Gasteiger partial charge is 0.497 e. The fourth-order valence-corrected chi connectivity index (χ4v) is 2.59. The number of methoxy groups -OCH3 is 1. The van der Waals surface area contributed by atoms with Gasteiger partial charge in [-0.1, -0.05) is 35.9 Å². The third kappa shape index (κ3) is 4.76. The summed E-state index contributed by atoms with van der Waals surface area (Å²) in [5, 5.41) is 4.40. The number of halogens is 1. The molecule has 0 aliphatic heterocycles. The lowest BCUT2D eigenvalue weighted by atomic mass is 10.0. The van der Waals surface area contributed by atoms with Crippen LogP contribution >= 0.6 is 11.6 Å². The van der Waals surface area contributed by atoms with Crippen molar-refractivity contribution in [1.29, 1.82) is 0 Å². The summed E-state index contributed by atoms with van der Waals surface area (Å²) >= 11 is 5.91. The van der Waals surface area contributed by atoms with Crippen LogP contribution < -0.4 is 10.1 Å². The first-order valence-corrected chi connectivity index (χ1v) is 7.60. The summed E-state index contributed by atoms with van der Waals surface area (Å²) < 4.78 is 5.28. The van der Waals surface area contributed by atoms with E-state index >= 15 is 0 Å². The molecule has 21 heavy (non-hydrogen) atoms. The number of rotatable bonds is 6. The molecule has 0 spiro atoms. The highest BCUT2D eigenvalue weighted by Crippen LogP contribution is 2.20. The fourth-order valence-electron chi connectivity index (χ4n) is 2.47. The van der Waals surface area contributed by atoms with E-state index in [-0.39, 0.29) is 6.04 Å². The van der Waals surface area contributed by atoms with Crippen LogP contribution in [-0.4, -0.2) is 13.2 Å². The molecule has 1 unspecified atom stereocenters. The van der Waals surface area contributed by atoms with Crippen molar-refractivity contribution in [3.63, 3.8) is 0 Å². The monoisotopic (exact) mass is 303 g/mol. The van der Waals surface area contributed by atoms with E-state index in [1.807, 2.05) is 24.3 Å². The number of ether oxygens (including phenoxy) is 1. The Morgan fingerprint density at radius 3 is 2.48 bits per heavy atom. The van der Waals surface area contributed by atoms with Gasteiger partial charge in [0.1, 0.15) is 5.75 Å². The molecule has 0 radical (unpaired) electrons. The minimum absolute atomic E-state index is 0.280. The van der Waals surface area contributed by atoms with Gasteiger partial charge in [-0.3, -0.25) is 0 Å². The second-order valence-electron chi connectivity index (χ2n) is 5.40. The molecular weight excluding hydrogens is 282 g/mol. The van der Waals surface area contributed by atoms with Gasteiger partial charge >= 0.3 is 0 Å². The number of hydrogen-bond acceptors (Lipinski definition) is 2. The molecule has 0 aromatic heterocycles. The normalized spacial score (nSPS) is 13.7. The van der Waals surface area contributed by atoms with Gasteiger partial charge in [-0.05, 0) is 55.7 Å². The molecule has 2 aromatic carbocycles. The van der Waals surface area contributed by atoms with Gasteiger partial charge in [0.05, 0.1) is 7.11 Å². The van der Waals surface area contributed by atoms with Gasteiger partial charge in [0.2, 0.25) is 0 Å². The van der Waals surface area contributed by atoms with Gasteiger partial charge in [-0.2, -0.15) is 0 Å². The molecule has 0 aliphatic rings. The standard InChI is InChI=1S/C18H22ClNO/c1-13(11-15-7-9-17(19)10-8-15)20-14(2)16-5-4-6-18(12-16)21-3/h4-10,12-14,20H,11H2,1-3H3/t13?,14-/m0/s1. The second kappa shape index (κ2) is 7.48. The first-order chi connectivity index (χ1) is 10.1. The predicted octanol–water partition coefficient (Wildman–Crippen LogP) is 4.63. The number of benzene rings is 2. The molecule has 3 heteroatoms. The Morgan fingerprint density at radius 1 is 1.10 bits per heavy atom. The van der Waals surface area contributed by atoms with E-state index in [1.54, 1.807) is 7.11 Å². The molecule has 2 atom stereocenters. The maximum Gasteiger partial charge on any atom is 0.119 e. The molecular formula is C18H22ClNO. The van der Waals surface area contributed by atoms with Crippen LogP contribution in [-0.2, 0) is 6.42 Å². The van der Waals surface area contributed by atoms with Gasteiger partial charge in [-0.25, -0.2) is 0 Å². The highest BCUT2D eigenvalue weighted by molar-refractivity contribution is 6.30. The molecule has 0 fully saturated rings. The van der Waals surface area contributed by atoms with Crippen LogP contribution in [0.15, 0.2) is 48.5 Å². The topological polar surface area (TPSA) is 21.3 Å². The van der Waals surface area contributed by atoms with E-state index in [2.05, 4.69) is 43.4 Å². The van der Waals surface area contributed by atoms with Crippen LogP contribution in [0, 0.1) is 0 Å². The highest BCUT2D eigenvalue weighted by Gasteiger charge is 2.10. The molecule has 0 amide bonds. The number of nitrogens with one attached hydrogen (secondary N) is 1. The molecule has 0 heterocycles. The highest BCUT2D eigenvalue weighted by atomic mass is 35.5. The Hall–Kier alpha value is -1.51. The van der Waals surface area contributed by atoms with E-state index in [1.165, 1.54) is 11.1 Å². The number of hydrogen-bond donors (Lipinski definition) is 1. The fraction of sp³-hybridized carbons (Fsp3) is 0.333. The van der Waals surface area contributed by atoms with Crippen molar-refractivity contribution < 1.29 is 4.74 Å². The van der Waals surface area contributed by atoms with E-state index in [9.17, 15) is 0 Å². The van der Waals surface area contributed by atoms with Crippen LogP contribution in [0.5, 0.6) is 5.75 Å². The second-order valence-corrected chi connectivity index (χ2v) is 5.83. The average Bonchev–Trinajstić information content (AvgIpc) is 2.49. The molecule has 0 bridgehead atoms. The van der Waals surface area contributed by atoms with Crippen LogP contribution in [0.1, 0.15) is 31.0 Å². The van der Waals surface area contributed by atoms with Crippen molar-refractivity contribution in [3.8, 4) is 5.75 Å². The summed E-state index contributed by atoms with van der Waals surface area (Å²) in [5.74, 6) is 0.895. The maximum atomic E-state index is 5.91. The van der Waals surface area contributed by atoms with Gasteiger partial charge in [0.25, 0.3) is 0 Å². The van der Waals surface area contributed by atoms with Crippen LogP contribution in [0.4, 0.5) is 0 Å². The van der Waals surface area contributed by atoms with Crippen molar-refractivity contribution >= 4 is 11.6 Å². The third-order valence-corrected chi connectivity index (χ3v) is 3.84. The first kappa shape index (κ1) is 15.9. The summed E-state index contributed by atoms with van der Waals surface area (Å²) in [6, 6.07) is 16.9.